The van der Waals surface area contributed by atoms with Gasteiger partial charge < -0.3 is 23.4 Å². The zero-order valence-electron chi connectivity index (χ0n) is 39.9. The first-order valence-electron chi connectivity index (χ1n) is 25.8. The standard InChI is InChI=1S/C54H90N2O5/c1-5-9-13-17-21-25-29-33-41-57-49-39-37-47(45-51(49)59-43-35-31-27-23-19-15-11-7-3)53-55-56-54(61-53)48-38-40-50(58-42-34-30-26-22-18-14-10-6-2)52(46-48)60-44-36-32-28-24-20-16-12-8-4/h37-40,45-46H,5-36,41-44H2,1-4H3. The maximum atomic E-state index is 6.41. The zero-order valence-corrected chi connectivity index (χ0v) is 39.9. The Balaban J connectivity index is 1.65. The average molecular weight is 847 g/mol. The number of aromatic nitrogens is 2. The summed E-state index contributed by atoms with van der Waals surface area (Å²) in [5.41, 5.74) is 1.64. The minimum atomic E-state index is 0.456. The van der Waals surface area contributed by atoms with Crippen LogP contribution < -0.4 is 18.9 Å². The minimum Gasteiger partial charge on any atom is -0.490 e. The van der Waals surface area contributed by atoms with Crippen LogP contribution in [0.2, 0.25) is 0 Å². The molecule has 3 aromatic rings. The van der Waals surface area contributed by atoms with Gasteiger partial charge >= 0.3 is 0 Å². The summed E-state index contributed by atoms with van der Waals surface area (Å²) in [5, 5.41) is 9.00. The molecule has 0 radical (unpaired) electrons. The number of rotatable bonds is 42. The van der Waals surface area contributed by atoms with E-state index in [1.165, 1.54) is 180 Å². The fraction of sp³-hybridized carbons (Fsp3) is 0.741. The summed E-state index contributed by atoms with van der Waals surface area (Å²) >= 11 is 0. The third-order valence-electron chi connectivity index (χ3n) is 11.8. The average Bonchev–Trinajstić information content (AvgIpc) is 3.78. The Kier molecular flexibility index (Phi) is 31.0. The van der Waals surface area contributed by atoms with Gasteiger partial charge in [0.2, 0.25) is 11.8 Å². The van der Waals surface area contributed by atoms with Gasteiger partial charge in [-0.15, -0.1) is 10.2 Å². The normalized spacial score (nSPS) is 11.3. The van der Waals surface area contributed by atoms with Gasteiger partial charge in [-0.2, -0.15) is 0 Å². The molecule has 0 N–H and O–H groups in total. The van der Waals surface area contributed by atoms with Gasteiger partial charge in [-0.25, -0.2) is 0 Å². The van der Waals surface area contributed by atoms with Gasteiger partial charge in [0.25, 0.3) is 0 Å². The molecule has 0 spiro atoms. The minimum absolute atomic E-state index is 0.456. The zero-order chi connectivity index (χ0) is 43.3. The predicted molar refractivity (Wildman–Crippen MR) is 258 cm³/mol. The van der Waals surface area contributed by atoms with E-state index in [0.717, 1.165) is 59.8 Å². The monoisotopic (exact) mass is 847 g/mol. The van der Waals surface area contributed by atoms with Crippen molar-refractivity contribution < 1.29 is 23.4 Å². The molecule has 1 heterocycles. The summed E-state index contributed by atoms with van der Waals surface area (Å²) in [4.78, 5) is 0. The lowest BCUT2D eigenvalue weighted by Crippen LogP contribution is -2.03. The lowest BCUT2D eigenvalue weighted by molar-refractivity contribution is 0.258. The van der Waals surface area contributed by atoms with Crippen molar-refractivity contribution in [3.63, 3.8) is 0 Å². The lowest BCUT2D eigenvalue weighted by atomic mass is 10.1. The topological polar surface area (TPSA) is 75.8 Å². The first-order valence-corrected chi connectivity index (χ1v) is 25.8. The Hall–Kier alpha value is -3.22. The maximum absolute atomic E-state index is 6.41. The molecular formula is C54H90N2O5. The number of nitrogens with zero attached hydrogens (tertiary/aromatic N) is 2. The summed E-state index contributed by atoms with van der Waals surface area (Å²) in [7, 11) is 0. The third kappa shape index (κ3) is 24.3. The quantitative estimate of drug-likeness (QED) is 0.0526. The molecule has 3 rings (SSSR count). The largest absolute Gasteiger partial charge is 0.490 e. The van der Waals surface area contributed by atoms with Gasteiger partial charge in [-0.1, -0.05) is 207 Å². The van der Waals surface area contributed by atoms with Crippen LogP contribution in [0.15, 0.2) is 40.8 Å². The van der Waals surface area contributed by atoms with Crippen molar-refractivity contribution in [2.75, 3.05) is 26.4 Å². The molecule has 0 unspecified atom stereocenters. The lowest BCUT2D eigenvalue weighted by Gasteiger charge is -2.14. The van der Waals surface area contributed by atoms with Crippen LogP contribution in [-0.2, 0) is 0 Å². The Bertz CT molecular complexity index is 1350. The molecule has 0 saturated carbocycles. The molecule has 0 amide bonds. The first-order chi connectivity index (χ1) is 30.2. The van der Waals surface area contributed by atoms with E-state index in [1.54, 1.807) is 0 Å². The van der Waals surface area contributed by atoms with Crippen molar-refractivity contribution in [3.8, 4) is 45.9 Å². The van der Waals surface area contributed by atoms with Crippen LogP contribution in [-0.4, -0.2) is 36.6 Å². The molecular weight excluding hydrogens is 757 g/mol. The van der Waals surface area contributed by atoms with E-state index in [0.29, 0.717) is 38.2 Å². The second-order valence-corrected chi connectivity index (χ2v) is 17.5. The molecule has 0 aliphatic rings. The van der Waals surface area contributed by atoms with Gasteiger partial charge in [0.15, 0.2) is 23.0 Å². The van der Waals surface area contributed by atoms with Crippen LogP contribution in [0.4, 0.5) is 0 Å². The molecule has 7 nitrogen and oxygen atoms in total. The van der Waals surface area contributed by atoms with Crippen LogP contribution in [0.3, 0.4) is 0 Å². The van der Waals surface area contributed by atoms with E-state index in [2.05, 4.69) is 37.9 Å². The van der Waals surface area contributed by atoms with E-state index < -0.39 is 0 Å². The molecule has 346 valence electrons. The highest BCUT2D eigenvalue weighted by Gasteiger charge is 2.17. The van der Waals surface area contributed by atoms with E-state index in [9.17, 15) is 0 Å². The predicted octanol–water partition coefficient (Wildman–Crippen LogP) is 17.5. The number of ether oxygens (including phenoxy) is 4. The molecule has 7 heteroatoms. The second kappa shape index (κ2) is 36.3. The van der Waals surface area contributed by atoms with Crippen LogP contribution in [0.1, 0.15) is 233 Å². The SMILES string of the molecule is CCCCCCCCCCOc1ccc(-c2nnc(-c3ccc(OCCCCCCCCCC)c(OCCCCCCCCCC)c3)o2)cc1OCCCCCCCCCC. The summed E-state index contributed by atoms with van der Waals surface area (Å²) in [6, 6.07) is 12.0. The Morgan fingerprint density at radius 1 is 0.311 bits per heavy atom. The van der Waals surface area contributed by atoms with Gasteiger partial charge in [-0.05, 0) is 62.1 Å². The highest BCUT2D eigenvalue weighted by Crippen LogP contribution is 2.36. The molecule has 0 aliphatic carbocycles. The van der Waals surface area contributed by atoms with Crippen molar-refractivity contribution in [1.29, 1.82) is 0 Å². The fourth-order valence-electron chi connectivity index (χ4n) is 7.88. The molecule has 2 aromatic carbocycles. The van der Waals surface area contributed by atoms with Gasteiger partial charge in [-0.3, -0.25) is 0 Å². The van der Waals surface area contributed by atoms with Crippen molar-refractivity contribution >= 4 is 0 Å². The van der Waals surface area contributed by atoms with E-state index in [-0.39, 0.29) is 0 Å². The van der Waals surface area contributed by atoms with E-state index in [1.807, 2.05) is 36.4 Å². The Labute approximate surface area is 374 Å². The Morgan fingerprint density at radius 2 is 0.557 bits per heavy atom. The van der Waals surface area contributed by atoms with E-state index in [4.69, 9.17) is 23.4 Å². The second-order valence-electron chi connectivity index (χ2n) is 17.5. The number of unbranched alkanes of at least 4 members (excludes halogenated alkanes) is 28. The van der Waals surface area contributed by atoms with Crippen LogP contribution in [0, 0.1) is 0 Å². The fourth-order valence-corrected chi connectivity index (χ4v) is 7.88. The summed E-state index contributed by atoms with van der Waals surface area (Å²) in [5.74, 6) is 3.97. The van der Waals surface area contributed by atoms with Crippen molar-refractivity contribution in [2.24, 2.45) is 0 Å². The number of benzene rings is 2. The number of hydrogen-bond acceptors (Lipinski definition) is 7. The highest BCUT2D eigenvalue weighted by atomic mass is 16.5. The van der Waals surface area contributed by atoms with Gasteiger partial charge in [0.1, 0.15) is 0 Å². The molecule has 0 fully saturated rings. The molecule has 0 aliphatic heterocycles. The highest BCUT2D eigenvalue weighted by molar-refractivity contribution is 5.63. The first kappa shape index (κ1) is 52.1. The summed E-state index contributed by atoms with van der Waals surface area (Å²) < 4.78 is 31.8. The smallest absolute Gasteiger partial charge is 0.248 e. The molecule has 0 saturated heterocycles. The van der Waals surface area contributed by atoms with E-state index >= 15 is 0 Å². The number of hydrogen-bond donors (Lipinski definition) is 0. The third-order valence-corrected chi connectivity index (χ3v) is 11.8. The van der Waals surface area contributed by atoms with Gasteiger partial charge in [0, 0.05) is 11.1 Å². The van der Waals surface area contributed by atoms with Crippen LogP contribution in [0.25, 0.3) is 22.9 Å². The van der Waals surface area contributed by atoms with Crippen LogP contribution >= 0.6 is 0 Å². The molecule has 0 bridgehead atoms. The Morgan fingerprint density at radius 3 is 0.836 bits per heavy atom. The van der Waals surface area contributed by atoms with Crippen molar-refractivity contribution in [2.45, 2.75) is 233 Å². The summed E-state index contributed by atoms with van der Waals surface area (Å²) in [6.45, 7) is 11.8. The summed E-state index contributed by atoms with van der Waals surface area (Å²) in [6.07, 6.45) is 40.6. The maximum Gasteiger partial charge on any atom is 0.248 e. The van der Waals surface area contributed by atoms with Gasteiger partial charge in [0.05, 0.1) is 26.4 Å². The van der Waals surface area contributed by atoms with Crippen LogP contribution in [0.5, 0.6) is 23.0 Å². The van der Waals surface area contributed by atoms with Crippen molar-refractivity contribution in [3.05, 3.63) is 36.4 Å². The molecule has 61 heavy (non-hydrogen) atoms. The molecule has 1 aromatic heterocycles. The van der Waals surface area contributed by atoms with Crippen molar-refractivity contribution in [1.82, 2.24) is 10.2 Å². The molecule has 0 atom stereocenters.